The molecule has 0 aromatic carbocycles. The van der Waals surface area contributed by atoms with Crippen LogP contribution in [0.15, 0.2) is 9.62 Å². The van der Waals surface area contributed by atoms with Gasteiger partial charge >= 0.3 is 6.03 Å². The molecule has 0 saturated carbocycles. The van der Waals surface area contributed by atoms with Crippen LogP contribution in [0.1, 0.15) is 18.4 Å². The summed E-state index contributed by atoms with van der Waals surface area (Å²) >= 11 is 5.84. The van der Waals surface area contributed by atoms with E-state index >= 15 is 0 Å². The lowest BCUT2D eigenvalue weighted by atomic mass is 10.3. The van der Waals surface area contributed by atoms with Gasteiger partial charge in [-0.05, 0) is 13.8 Å². The maximum absolute atomic E-state index is 10.4. The zero-order valence-corrected chi connectivity index (χ0v) is 8.42. The molecule has 1 aromatic heterocycles. The Morgan fingerprint density at radius 2 is 2.36 bits per heavy atom. The molecular weight excluding hydrogens is 208 g/mol. The average molecular weight is 217 g/mol. The number of amides is 2. The summed E-state index contributed by atoms with van der Waals surface area (Å²) in [6.45, 7) is 3.30. The monoisotopic (exact) mass is 216 g/mol. The molecule has 3 N–H and O–H groups in total. The van der Waals surface area contributed by atoms with E-state index in [1.54, 1.807) is 13.8 Å². The molecule has 1 rings (SSSR count). The second-order valence-corrected chi connectivity index (χ2v) is 2.95. The highest BCUT2D eigenvalue weighted by Gasteiger charge is 2.12. The first-order valence-electron chi connectivity index (χ1n) is 3.74. The Balaban J connectivity index is 2.89. The van der Waals surface area contributed by atoms with E-state index < -0.39 is 6.03 Å². The molecule has 76 valence electrons. The van der Waals surface area contributed by atoms with Crippen molar-refractivity contribution in [2.45, 2.75) is 13.8 Å². The summed E-state index contributed by atoms with van der Waals surface area (Å²) in [5.41, 5.74) is 7.70. The maximum Gasteiger partial charge on any atom is 0.332 e. The number of nitrogens with one attached hydrogen (secondary N) is 1. The number of halogens is 1. The molecule has 0 aliphatic heterocycles. The highest BCUT2D eigenvalue weighted by Crippen LogP contribution is 2.19. The Kier molecular flexibility index (Phi) is 3.08. The minimum Gasteiger partial charge on any atom is -0.359 e. The Morgan fingerprint density at radius 3 is 2.79 bits per heavy atom. The van der Waals surface area contributed by atoms with Crippen LogP contribution in [0, 0.1) is 6.92 Å². The number of primary amides is 1. The normalized spacial score (nSPS) is 11.5. The third-order valence-corrected chi connectivity index (χ3v) is 1.91. The molecule has 0 spiro atoms. The lowest BCUT2D eigenvalue weighted by Gasteiger charge is -1.95. The molecule has 2 amide bonds. The third-order valence-electron chi connectivity index (χ3n) is 1.47. The lowest BCUT2D eigenvalue weighted by molar-refractivity contribution is 0.249. The van der Waals surface area contributed by atoms with Gasteiger partial charge in [0.15, 0.2) is 5.76 Å². The molecule has 7 heteroatoms. The van der Waals surface area contributed by atoms with Gasteiger partial charge in [0.2, 0.25) is 0 Å². The van der Waals surface area contributed by atoms with Crippen LogP contribution < -0.4 is 11.2 Å². The molecule has 0 atom stereocenters. The summed E-state index contributed by atoms with van der Waals surface area (Å²) < 4.78 is 4.82. The fourth-order valence-electron chi connectivity index (χ4n) is 0.778. The van der Waals surface area contributed by atoms with Crippen molar-refractivity contribution in [1.29, 1.82) is 0 Å². The van der Waals surface area contributed by atoms with Crippen molar-refractivity contribution in [3.8, 4) is 0 Å². The topological polar surface area (TPSA) is 93.5 Å². The number of hydrogen-bond acceptors (Lipinski definition) is 4. The molecule has 0 radical (unpaired) electrons. The summed E-state index contributed by atoms with van der Waals surface area (Å²) in [7, 11) is 0. The first kappa shape index (κ1) is 10.5. The number of rotatable bonds is 2. The first-order chi connectivity index (χ1) is 6.52. The van der Waals surface area contributed by atoms with E-state index in [4.69, 9.17) is 21.9 Å². The number of carbonyl (C=O) groups excluding carboxylic acids is 1. The fourth-order valence-corrected chi connectivity index (χ4v) is 0.984. The van der Waals surface area contributed by atoms with Crippen LogP contribution in [0.25, 0.3) is 0 Å². The smallest absolute Gasteiger partial charge is 0.332 e. The quantitative estimate of drug-likeness (QED) is 0.571. The molecule has 0 fully saturated rings. The van der Waals surface area contributed by atoms with Crippen molar-refractivity contribution >= 4 is 23.3 Å². The summed E-state index contributed by atoms with van der Waals surface area (Å²) in [5.74, 6) is 0.496. The van der Waals surface area contributed by atoms with Gasteiger partial charge in [0.1, 0.15) is 10.7 Å². The largest absolute Gasteiger partial charge is 0.359 e. The van der Waals surface area contributed by atoms with Gasteiger partial charge in [0, 0.05) is 0 Å². The second-order valence-electron chi connectivity index (χ2n) is 2.57. The van der Waals surface area contributed by atoms with Crippen molar-refractivity contribution in [3.63, 3.8) is 0 Å². The molecule has 0 aliphatic rings. The van der Waals surface area contributed by atoms with E-state index in [0.717, 1.165) is 0 Å². The molecule has 0 aliphatic carbocycles. The maximum atomic E-state index is 10.4. The van der Waals surface area contributed by atoms with Gasteiger partial charge in [-0.3, -0.25) is 0 Å². The van der Waals surface area contributed by atoms with Gasteiger partial charge in [-0.25, -0.2) is 10.2 Å². The Hall–Kier alpha value is -1.56. The summed E-state index contributed by atoms with van der Waals surface area (Å²) in [6, 6.07) is -0.749. The number of aryl methyl sites for hydroxylation is 1. The number of nitrogens with zero attached hydrogens (tertiary/aromatic N) is 2. The highest BCUT2D eigenvalue weighted by atomic mass is 35.5. The fraction of sp³-hybridized carbons (Fsp3) is 0.286. The van der Waals surface area contributed by atoms with Crippen molar-refractivity contribution in [3.05, 3.63) is 16.5 Å². The first-order valence-corrected chi connectivity index (χ1v) is 4.12. The Labute approximate surface area is 85.1 Å². The number of nitrogens with two attached hydrogens (primary N) is 1. The standard InChI is InChI=1S/C7H9ClN4O2/c1-3(10-11-7(9)13)6-5(8)4(2)14-12-6/h1-2H3,(H3,9,11,13)/b10-3+. The van der Waals surface area contributed by atoms with Crippen LogP contribution in [0.4, 0.5) is 4.79 Å². The van der Waals surface area contributed by atoms with Crippen molar-refractivity contribution in [2.75, 3.05) is 0 Å². The summed E-state index contributed by atoms with van der Waals surface area (Å²) in [5, 5.41) is 7.69. The van der Waals surface area contributed by atoms with E-state index in [2.05, 4.69) is 15.7 Å². The molecule has 0 unspecified atom stereocenters. The van der Waals surface area contributed by atoms with Crippen LogP contribution in [-0.4, -0.2) is 16.9 Å². The lowest BCUT2D eigenvalue weighted by Crippen LogP contribution is -2.25. The van der Waals surface area contributed by atoms with E-state index in [0.29, 0.717) is 22.2 Å². The van der Waals surface area contributed by atoms with Crippen molar-refractivity contribution < 1.29 is 9.32 Å². The van der Waals surface area contributed by atoms with Gasteiger partial charge in [0.05, 0.1) is 5.71 Å². The van der Waals surface area contributed by atoms with Crippen LogP contribution in [0.5, 0.6) is 0 Å². The zero-order chi connectivity index (χ0) is 10.7. The van der Waals surface area contributed by atoms with E-state index in [1.165, 1.54) is 0 Å². The number of urea groups is 1. The molecule has 0 bridgehead atoms. The predicted octanol–water partition coefficient (Wildman–Crippen LogP) is 1.03. The van der Waals surface area contributed by atoms with Crippen LogP contribution in [-0.2, 0) is 0 Å². The van der Waals surface area contributed by atoms with Crippen molar-refractivity contribution in [1.82, 2.24) is 10.6 Å². The molecular formula is C7H9ClN4O2. The summed E-state index contributed by atoms with van der Waals surface area (Å²) in [6.07, 6.45) is 0. The van der Waals surface area contributed by atoms with Crippen LogP contribution in [0.2, 0.25) is 5.02 Å². The van der Waals surface area contributed by atoms with Gasteiger partial charge < -0.3 is 10.3 Å². The molecule has 1 aromatic rings. The molecule has 0 saturated heterocycles. The van der Waals surface area contributed by atoms with Crippen molar-refractivity contribution in [2.24, 2.45) is 10.8 Å². The van der Waals surface area contributed by atoms with E-state index in [9.17, 15) is 4.79 Å². The van der Waals surface area contributed by atoms with Gasteiger partial charge in [-0.1, -0.05) is 16.8 Å². The van der Waals surface area contributed by atoms with E-state index in [-0.39, 0.29) is 0 Å². The van der Waals surface area contributed by atoms with Gasteiger partial charge in [0.25, 0.3) is 0 Å². The van der Waals surface area contributed by atoms with Gasteiger partial charge in [-0.2, -0.15) is 5.10 Å². The molecule has 6 nitrogen and oxygen atoms in total. The zero-order valence-electron chi connectivity index (χ0n) is 7.67. The highest BCUT2D eigenvalue weighted by molar-refractivity contribution is 6.34. The predicted molar refractivity (Wildman–Crippen MR) is 51.2 cm³/mol. The Morgan fingerprint density at radius 1 is 1.71 bits per heavy atom. The minimum atomic E-state index is -0.749. The second kappa shape index (κ2) is 4.10. The molecule has 1 heterocycles. The summed E-state index contributed by atoms with van der Waals surface area (Å²) in [4.78, 5) is 10.4. The number of hydrogen-bond donors (Lipinski definition) is 2. The van der Waals surface area contributed by atoms with Gasteiger partial charge in [-0.15, -0.1) is 0 Å². The average Bonchev–Trinajstić information content (AvgIpc) is 2.44. The van der Waals surface area contributed by atoms with Crippen LogP contribution in [0.3, 0.4) is 0 Å². The minimum absolute atomic E-state index is 0.373. The number of carbonyl (C=O) groups is 1. The Bertz CT molecular complexity index is 385. The third kappa shape index (κ3) is 2.23. The van der Waals surface area contributed by atoms with E-state index in [1.807, 2.05) is 0 Å². The number of hydrazone groups is 1. The SMILES string of the molecule is C/C(=N\NC(N)=O)c1noc(C)c1Cl. The number of aromatic nitrogens is 1. The van der Waals surface area contributed by atoms with Crippen LogP contribution >= 0.6 is 11.6 Å². The molecule has 14 heavy (non-hydrogen) atoms.